The third-order valence-electron chi connectivity index (χ3n) is 4.28. The highest BCUT2D eigenvalue weighted by Crippen LogP contribution is 2.42. The lowest BCUT2D eigenvalue weighted by Crippen LogP contribution is -2.73. The summed E-state index contributed by atoms with van der Waals surface area (Å²) in [5.41, 5.74) is 2.47. The third kappa shape index (κ3) is 3.27. The van der Waals surface area contributed by atoms with Gasteiger partial charge in [-0.2, -0.15) is 0 Å². The summed E-state index contributed by atoms with van der Waals surface area (Å²) in [4.78, 5) is 20.3. The molecule has 126 valence electrons. The van der Waals surface area contributed by atoms with Crippen molar-refractivity contribution in [3.05, 3.63) is 23.5 Å². The summed E-state index contributed by atoms with van der Waals surface area (Å²) in [7, 11) is 0. The molecule has 2 aliphatic rings. The van der Waals surface area contributed by atoms with Crippen molar-refractivity contribution in [3.8, 4) is 0 Å². The van der Waals surface area contributed by atoms with E-state index >= 15 is 0 Å². The maximum absolute atomic E-state index is 12.0. The van der Waals surface area contributed by atoms with Crippen LogP contribution in [0.4, 0.5) is 10.5 Å². The van der Waals surface area contributed by atoms with Crippen molar-refractivity contribution in [2.75, 3.05) is 31.1 Å². The van der Waals surface area contributed by atoms with Gasteiger partial charge in [-0.3, -0.25) is 4.98 Å². The number of likely N-dealkylation sites (tertiary alicyclic amines) is 1. The number of aromatic nitrogens is 1. The number of anilines is 1. The molecule has 3 rings (SSSR count). The standard InChI is InChI=1S/C17H25N3O3/c1-12-5-14(6-13(7-21)18-12)19-8-17(9-19)10-20(11-17)15(22)23-16(2,3)4/h5-6,21H,7-11H2,1-4H3. The maximum atomic E-state index is 12.0. The zero-order valence-corrected chi connectivity index (χ0v) is 14.3. The Kier molecular flexibility index (Phi) is 3.75. The first-order chi connectivity index (χ1) is 10.7. The Bertz CT molecular complexity index is 610. The van der Waals surface area contributed by atoms with Gasteiger partial charge in [0.25, 0.3) is 0 Å². The van der Waals surface area contributed by atoms with Crippen molar-refractivity contribution in [2.45, 2.75) is 39.9 Å². The Morgan fingerprint density at radius 2 is 1.96 bits per heavy atom. The molecule has 0 atom stereocenters. The van der Waals surface area contributed by atoms with Gasteiger partial charge in [-0.25, -0.2) is 4.79 Å². The minimum absolute atomic E-state index is 0.0416. The minimum Gasteiger partial charge on any atom is -0.444 e. The summed E-state index contributed by atoms with van der Waals surface area (Å²) in [5, 5.41) is 9.27. The molecule has 1 N–H and O–H groups in total. The second kappa shape index (κ2) is 5.37. The van der Waals surface area contributed by atoms with Crippen LogP contribution in [0.2, 0.25) is 0 Å². The molecule has 3 heterocycles. The topological polar surface area (TPSA) is 65.9 Å². The van der Waals surface area contributed by atoms with Crippen molar-refractivity contribution >= 4 is 11.8 Å². The number of hydrogen-bond donors (Lipinski definition) is 1. The second-order valence-electron chi connectivity index (χ2n) is 7.81. The Morgan fingerprint density at radius 3 is 2.52 bits per heavy atom. The lowest BCUT2D eigenvalue weighted by atomic mass is 9.73. The molecule has 6 heteroatoms. The van der Waals surface area contributed by atoms with Crippen molar-refractivity contribution in [1.29, 1.82) is 0 Å². The van der Waals surface area contributed by atoms with Crippen molar-refractivity contribution in [1.82, 2.24) is 9.88 Å². The van der Waals surface area contributed by atoms with Crippen LogP contribution in [0.3, 0.4) is 0 Å². The lowest BCUT2D eigenvalue weighted by Gasteiger charge is -2.60. The molecule has 1 aromatic heterocycles. The van der Waals surface area contributed by atoms with Gasteiger partial charge in [0.1, 0.15) is 5.60 Å². The van der Waals surface area contributed by atoms with Crippen molar-refractivity contribution < 1.29 is 14.6 Å². The van der Waals surface area contributed by atoms with Gasteiger partial charge in [-0.15, -0.1) is 0 Å². The molecule has 23 heavy (non-hydrogen) atoms. The van der Waals surface area contributed by atoms with E-state index in [2.05, 4.69) is 9.88 Å². The maximum Gasteiger partial charge on any atom is 0.410 e. The van der Waals surface area contributed by atoms with E-state index in [1.54, 1.807) is 4.90 Å². The van der Waals surface area contributed by atoms with E-state index in [0.717, 1.165) is 37.6 Å². The fraction of sp³-hybridized carbons (Fsp3) is 0.647. The fourth-order valence-electron chi connectivity index (χ4n) is 3.35. The number of nitrogens with zero attached hydrogens (tertiary/aromatic N) is 3. The van der Waals surface area contributed by atoms with Gasteiger partial charge in [0.05, 0.1) is 12.3 Å². The first kappa shape index (κ1) is 16.1. The Balaban J connectivity index is 1.55. The van der Waals surface area contributed by atoms with Gasteiger partial charge in [0.2, 0.25) is 0 Å². The number of rotatable bonds is 2. The first-order valence-corrected chi connectivity index (χ1v) is 8.01. The number of aliphatic hydroxyl groups excluding tert-OH is 1. The van der Waals surface area contributed by atoms with Crippen LogP contribution in [0.5, 0.6) is 0 Å². The van der Waals surface area contributed by atoms with Crippen LogP contribution in [-0.4, -0.2) is 52.9 Å². The summed E-state index contributed by atoms with van der Waals surface area (Å²) in [6.45, 7) is 10.9. The second-order valence-corrected chi connectivity index (χ2v) is 7.81. The predicted octanol–water partition coefficient (Wildman–Crippen LogP) is 1.94. The predicted molar refractivity (Wildman–Crippen MR) is 87.3 cm³/mol. The number of carbonyl (C=O) groups is 1. The van der Waals surface area contributed by atoms with E-state index in [9.17, 15) is 9.90 Å². The van der Waals surface area contributed by atoms with Crippen molar-refractivity contribution in [2.24, 2.45) is 5.41 Å². The van der Waals surface area contributed by atoms with E-state index in [1.807, 2.05) is 39.8 Å². The highest BCUT2D eigenvalue weighted by atomic mass is 16.6. The molecule has 1 aromatic rings. The Hall–Kier alpha value is -1.82. The zero-order valence-electron chi connectivity index (χ0n) is 14.3. The van der Waals surface area contributed by atoms with Crippen LogP contribution in [0.25, 0.3) is 0 Å². The summed E-state index contributed by atoms with van der Waals surface area (Å²) in [5.74, 6) is 0. The molecule has 2 aliphatic heterocycles. The number of aliphatic hydroxyl groups is 1. The zero-order chi connectivity index (χ0) is 16.8. The molecule has 6 nitrogen and oxygen atoms in total. The molecule has 0 aromatic carbocycles. The van der Waals surface area contributed by atoms with E-state index in [-0.39, 0.29) is 18.1 Å². The quantitative estimate of drug-likeness (QED) is 0.902. The highest BCUT2D eigenvalue weighted by Gasteiger charge is 2.54. The van der Waals surface area contributed by atoms with Gasteiger partial charge in [0.15, 0.2) is 0 Å². The average Bonchev–Trinajstić information content (AvgIpc) is 2.32. The molecular weight excluding hydrogens is 294 g/mol. The largest absolute Gasteiger partial charge is 0.444 e. The van der Waals surface area contributed by atoms with Crippen LogP contribution in [-0.2, 0) is 11.3 Å². The summed E-state index contributed by atoms with van der Waals surface area (Å²) in [6, 6.07) is 3.97. The number of hydrogen-bond acceptors (Lipinski definition) is 5. The van der Waals surface area contributed by atoms with Gasteiger partial charge in [-0.05, 0) is 39.8 Å². The van der Waals surface area contributed by atoms with Crippen LogP contribution in [0.1, 0.15) is 32.2 Å². The molecule has 1 spiro atoms. The van der Waals surface area contributed by atoms with Gasteiger partial charge in [0, 0.05) is 43.0 Å². The van der Waals surface area contributed by atoms with Gasteiger partial charge < -0.3 is 19.6 Å². The summed E-state index contributed by atoms with van der Waals surface area (Å²) < 4.78 is 5.40. The van der Waals surface area contributed by atoms with E-state index in [1.165, 1.54) is 0 Å². The molecule has 2 saturated heterocycles. The van der Waals surface area contributed by atoms with E-state index in [0.29, 0.717) is 5.69 Å². The fourth-order valence-corrected chi connectivity index (χ4v) is 3.35. The molecular formula is C17H25N3O3. The molecule has 0 aliphatic carbocycles. The number of carbonyl (C=O) groups excluding carboxylic acids is 1. The first-order valence-electron chi connectivity index (χ1n) is 8.01. The highest BCUT2D eigenvalue weighted by molar-refractivity contribution is 5.70. The number of amides is 1. The minimum atomic E-state index is -0.444. The molecule has 1 amide bonds. The molecule has 0 saturated carbocycles. The number of ether oxygens (including phenoxy) is 1. The number of pyridine rings is 1. The molecule has 0 unspecified atom stereocenters. The Labute approximate surface area is 137 Å². The van der Waals surface area contributed by atoms with Gasteiger partial charge >= 0.3 is 6.09 Å². The summed E-state index contributed by atoms with van der Waals surface area (Å²) >= 11 is 0. The van der Waals surface area contributed by atoms with Crippen LogP contribution in [0.15, 0.2) is 12.1 Å². The van der Waals surface area contributed by atoms with Gasteiger partial charge in [-0.1, -0.05) is 0 Å². The van der Waals surface area contributed by atoms with E-state index in [4.69, 9.17) is 4.74 Å². The third-order valence-corrected chi connectivity index (χ3v) is 4.28. The lowest BCUT2D eigenvalue weighted by molar-refractivity contribution is -0.0453. The van der Waals surface area contributed by atoms with Crippen LogP contribution >= 0.6 is 0 Å². The normalized spacial score (nSPS) is 19.3. The Morgan fingerprint density at radius 1 is 1.30 bits per heavy atom. The van der Waals surface area contributed by atoms with Crippen molar-refractivity contribution in [3.63, 3.8) is 0 Å². The number of aryl methyl sites for hydroxylation is 1. The monoisotopic (exact) mass is 319 g/mol. The van der Waals surface area contributed by atoms with Crippen LogP contribution < -0.4 is 4.90 Å². The molecule has 0 radical (unpaired) electrons. The average molecular weight is 319 g/mol. The molecule has 0 bridgehead atoms. The SMILES string of the molecule is Cc1cc(N2CC3(CN(C(=O)OC(C)(C)C)C3)C2)cc(CO)n1. The smallest absolute Gasteiger partial charge is 0.410 e. The summed E-state index contributed by atoms with van der Waals surface area (Å²) in [6.07, 6.45) is -0.219. The van der Waals surface area contributed by atoms with E-state index < -0.39 is 5.60 Å². The molecule has 2 fully saturated rings. The van der Waals surface area contributed by atoms with Crippen LogP contribution in [0, 0.1) is 12.3 Å².